The fraction of sp³-hybridized carbons (Fsp3) is 0.188. The van der Waals surface area contributed by atoms with Gasteiger partial charge < -0.3 is 10.6 Å². The molecule has 0 radical (unpaired) electrons. The van der Waals surface area contributed by atoms with E-state index in [4.69, 9.17) is 11.6 Å². The van der Waals surface area contributed by atoms with E-state index in [1.165, 1.54) is 18.2 Å². The predicted octanol–water partition coefficient (Wildman–Crippen LogP) is 4.29. The van der Waals surface area contributed by atoms with Gasteiger partial charge in [-0.05, 0) is 36.6 Å². The van der Waals surface area contributed by atoms with Crippen LogP contribution in [0.4, 0.5) is 14.9 Å². The van der Waals surface area contributed by atoms with Gasteiger partial charge in [0.15, 0.2) is 0 Å². The zero-order valence-corrected chi connectivity index (χ0v) is 12.0. The molecule has 3 nitrogen and oxygen atoms in total. The number of carbonyl (C=O) groups excluding carboxylic acids is 1. The number of rotatable bonds is 3. The molecule has 0 saturated heterocycles. The third-order valence-electron chi connectivity index (χ3n) is 3.61. The van der Waals surface area contributed by atoms with Crippen molar-refractivity contribution >= 4 is 23.3 Å². The minimum absolute atomic E-state index is 0.0167. The van der Waals surface area contributed by atoms with E-state index in [1.54, 1.807) is 0 Å². The number of halogens is 2. The highest BCUT2D eigenvalue weighted by molar-refractivity contribution is 6.31. The summed E-state index contributed by atoms with van der Waals surface area (Å²) in [6.45, 7) is 0. The maximum atomic E-state index is 13.1. The van der Waals surface area contributed by atoms with Gasteiger partial charge in [-0.25, -0.2) is 9.18 Å². The Morgan fingerprint density at radius 3 is 2.48 bits per heavy atom. The number of benzene rings is 2. The molecule has 0 aromatic heterocycles. The Hall–Kier alpha value is -2.07. The summed E-state index contributed by atoms with van der Waals surface area (Å²) in [7, 11) is 0. The van der Waals surface area contributed by atoms with Crippen molar-refractivity contribution in [2.75, 3.05) is 5.32 Å². The first-order valence-electron chi connectivity index (χ1n) is 6.69. The highest BCUT2D eigenvalue weighted by atomic mass is 35.5. The highest BCUT2D eigenvalue weighted by Crippen LogP contribution is 2.45. The van der Waals surface area contributed by atoms with Gasteiger partial charge in [-0.3, -0.25) is 0 Å². The molecule has 0 heterocycles. The Morgan fingerprint density at radius 2 is 1.86 bits per heavy atom. The van der Waals surface area contributed by atoms with Gasteiger partial charge in [0, 0.05) is 5.69 Å². The molecule has 1 saturated carbocycles. The van der Waals surface area contributed by atoms with Crippen molar-refractivity contribution in [3.05, 3.63) is 64.9 Å². The summed E-state index contributed by atoms with van der Waals surface area (Å²) in [5.74, 6) is -0.509. The Kier molecular flexibility index (Phi) is 3.55. The zero-order valence-electron chi connectivity index (χ0n) is 11.2. The smallest absolute Gasteiger partial charge is 0.319 e. The number of hydrogen-bond donors (Lipinski definition) is 2. The lowest BCUT2D eigenvalue weighted by Gasteiger charge is -2.18. The third kappa shape index (κ3) is 3.00. The molecule has 0 unspecified atom stereocenters. The van der Waals surface area contributed by atoms with Crippen LogP contribution in [0.15, 0.2) is 48.5 Å². The van der Waals surface area contributed by atoms with Crippen molar-refractivity contribution in [1.29, 1.82) is 0 Å². The first-order chi connectivity index (χ1) is 10.1. The maximum absolute atomic E-state index is 13.1. The predicted molar refractivity (Wildman–Crippen MR) is 80.9 cm³/mol. The Bertz CT molecular complexity index is 671. The molecule has 2 amide bonds. The van der Waals surface area contributed by atoms with E-state index in [2.05, 4.69) is 10.6 Å². The SMILES string of the molecule is O=C(Nc1ccc(F)c(Cl)c1)NC1(c2ccccc2)CC1. The first kappa shape index (κ1) is 13.9. The second-order valence-electron chi connectivity index (χ2n) is 5.16. The Balaban J connectivity index is 1.68. The van der Waals surface area contributed by atoms with E-state index in [0.29, 0.717) is 5.69 Å². The lowest BCUT2D eigenvalue weighted by atomic mass is 10.1. The van der Waals surface area contributed by atoms with Gasteiger partial charge in [-0.15, -0.1) is 0 Å². The van der Waals surface area contributed by atoms with E-state index in [9.17, 15) is 9.18 Å². The molecule has 5 heteroatoms. The number of nitrogens with one attached hydrogen (secondary N) is 2. The van der Waals surface area contributed by atoms with Crippen LogP contribution >= 0.6 is 11.6 Å². The summed E-state index contributed by atoms with van der Waals surface area (Å²) >= 11 is 5.69. The first-order valence-corrected chi connectivity index (χ1v) is 7.07. The van der Waals surface area contributed by atoms with Gasteiger partial charge in [-0.1, -0.05) is 41.9 Å². The number of anilines is 1. The Labute approximate surface area is 127 Å². The van der Waals surface area contributed by atoms with Gasteiger partial charge in [0.25, 0.3) is 0 Å². The number of carbonyl (C=O) groups is 1. The number of urea groups is 1. The van der Waals surface area contributed by atoms with Crippen LogP contribution in [0.2, 0.25) is 5.02 Å². The van der Waals surface area contributed by atoms with Crippen molar-refractivity contribution in [2.24, 2.45) is 0 Å². The molecule has 0 aliphatic heterocycles. The van der Waals surface area contributed by atoms with E-state index >= 15 is 0 Å². The van der Waals surface area contributed by atoms with E-state index in [0.717, 1.165) is 18.4 Å². The third-order valence-corrected chi connectivity index (χ3v) is 3.90. The lowest BCUT2D eigenvalue weighted by molar-refractivity contribution is 0.247. The van der Waals surface area contributed by atoms with E-state index < -0.39 is 5.82 Å². The van der Waals surface area contributed by atoms with Crippen LogP contribution < -0.4 is 10.6 Å². The summed E-state index contributed by atoms with van der Waals surface area (Å²) in [6, 6.07) is 13.6. The van der Waals surface area contributed by atoms with Crippen molar-refractivity contribution in [3.8, 4) is 0 Å². The number of amides is 2. The maximum Gasteiger partial charge on any atom is 0.319 e. The van der Waals surface area contributed by atoms with Gasteiger partial charge >= 0.3 is 6.03 Å². The van der Waals surface area contributed by atoms with Crippen LogP contribution in [0.1, 0.15) is 18.4 Å². The molecule has 0 spiro atoms. The van der Waals surface area contributed by atoms with Crippen LogP contribution in [0, 0.1) is 5.82 Å². The average Bonchev–Trinajstić information content (AvgIpc) is 3.25. The van der Waals surface area contributed by atoms with Crippen molar-refractivity contribution in [3.63, 3.8) is 0 Å². The molecular weight excluding hydrogens is 291 g/mol. The normalized spacial score (nSPS) is 15.3. The fourth-order valence-corrected chi connectivity index (χ4v) is 2.50. The zero-order chi connectivity index (χ0) is 14.9. The monoisotopic (exact) mass is 304 g/mol. The van der Waals surface area contributed by atoms with Gasteiger partial charge in [0.05, 0.1) is 10.6 Å². The van der Waals surface area contributed by atoms with E-state index in [-0.39, 0.29) is 16.6 Å². The van der Waals surface area contributed by atoms with Crippen molar-refractivity contribution in [1.82, 2.24) is 5.32 Å². The molecule has 1 aliphatic carbocycles. The standard InChI is InChI=1S/C16H14ClFN2O/c17-13-10-12(6-7-14(13)18)19-15(21)20-16(8-9-16)11-4-2-1-3-5-11/h1-7,10H,8-9H2,(H2,19,20,21). The minimum atomic E-state index is -0.509. The summed E-state index contributed by atoms with van der Waals surface area (Å²) in [5.41, 5.74) is 1.27. The lowest BCUT2D eigenvalue weighted by Crippen LogP contribution is -2.38. The quantitative estimate of drug-likeness (QED) is 0.872. The number of hydrogen-bond acceptors (Lipinski definition) is 1. The van der Waals surface area contributed by atoms with Crippen molar-refractivity contribution < 1.29 is 9.18 Å². The van der Waals surface area contributed by atoms with Crippen LogP contribution in [0.25, 0.3) is 0 Å². The molecule has 0 atom stereocenters. The average molecular weight is 305 g/mol. The van der Waals surface area contributed by atoms with Gasteiger partial charge in [0.1, 0.15) is 5.82 Å². The largest absolute Gasteiger partial charge is 0.328 e. The van der Waals surface area contributed by atoms with Crippen LogP contribution in [-0.4, -0.2) is 6.03 Å². The Morgan fingerprint density at radius 1 is 1.14 bits per heavy atom. The van der Waals surface area contributed by atoms with Crippen molar-refractivity contribution in [2.45, 2.75) is 18.4 Å². The molecule has 1 fully saturated rings. The van der Waals surface area contributed by atoms with E-state index in [1.807, 2.05) is 30.3 Å². The molecule has 108 valence electrons. The summed E-state index contributed by atoms with van der Waals surface area (Å²) in [5, 5.41) is 5.64. The second kappa shape index (κ2) is 5.37. The fourth-order valence-electron chi connectivity index (χ4n) is 2.32. The molecule has 21 heavy (non-hydrogen) atoms. The summed E-state index contributed by atoms with van der Waals surface area (Å²) in [6.07, 6.45) is 1.82. The second-order valence-corrected chi connectivity index (χ2v) is 5.56. The summed E-state index contributed by atoms with van der Waals surface area (Å²) in [4.78, 5) is 12.1. The molecule has 2 aromatic rings. The molecule has 2 N–H and O–H groups in total. The van der Waals surface area contributed by atoms with Crippen LogP contribution in [0.5, 0.6) is 0 Å². The molecule has 3 rings (SSSR count). The molecule has 1 aliphatic rings. The molecular formula is C16H14ClFN2O. The van der Waals surface area contributed by atoms with Gasteiger partial charge in [-0.2, -0.15) is 0 Å². The van der Waals surface area contributed by atoms with Crippen LogP contribution in [0.3, 0.4) is 0 Å². The van der Waals surface area contributed by atoms with Crippen LogP contribution in [-0.2, 0) is 5.54 Å². The summed E-state index contributed by atoms with van der Waals surface area (Å²) < 4.78 is 13.1. The topological polar surface area (TPSA) is 41.1 Å². The highest BCUT2D eigenvalue weighted by Gasteiger charge is 2.45. The molecule has 0 bridgehead atoms. The molecule has 2 aromatic carbocycles. The van der Waals surface area contributed by atoms with Gasteiger partial charge in [0.2, 0.25) is 0 Å². The minimum Gasteiger partial charge on any atom is -0.328 e.